The lowest BCUT2D eigenvalue weighted by atomic mass is 9.81. The Morgan fingerprint density at radius 1 is 1.23 bits per heavy atom. The first-order valence-corrected chi connectivity index (χ1v) is 10.8. The summed E-state index contributed by atoms with van der Waals surface area (Å²) in [6.07, 6.45) is 1.85. The van der Waals surface area contributed by atoms with E-state index < -0.39 is 21.6 Å². The molecule has 0 aliphatic heterocycles. The molecule has 1 amide bonds. The van der Waals surface area contributed by atoms with Crippen LogP contribution < -0.4 is 9.62 Å². The normalized spacial score (nSPS) is 14.0. The summed E-state index contributed by atoms with van der Waals surface area (Å²) in [6.45, 7) is 13.6. The van der Waals surface area contributed by atoms with Gasteiger partial charge in [0.15, 0.2) is 0 Å². The molecule has 0 saturated heterocycles. The summed E-state index contributed by atoms with van der Waals surface area (Å²) in [5.74, 6) is -0.343. The molecule has 5 nitrogen and oxygen atoms in total. The van der Waals surface area contributed by atoms with E-state index in [0.29, 0.717) is 10.7 Å². The van der Waals surface area contributed by atoms with Crippen molar-refractivity contribution in [3.8, 4) is 0 Å². The van der Waals surface area contributed by atoms with Gasteiger partial charge in [-0.25, -0.2) is 8.42 Å². The van der Waals surface area contributed by atoms with Gasteiger partial charge in [-0.3, -0.25) is 9.10 Å². The first kappa shape index (κ1) is 22.8. The van der Waals surface area contributed by atoms with E-state index in [4.69, 9.17) is 11.6 Å². The van der Waals surface area contributed by atoms with Crippen LogP contribution >= 0.6 is 11.6 Å². The zero-order valence-electron chi connectivity index (χ0n) is 17.0. The molecule has 1 unspecified atom stereocenters. The first-order chi connectivity index (χ1) is 11.5. The number of carbonyl (C=O) groups excluding carboxylic acids is 1. The molecule has 0 aliphatic carbocycles. The summed E-state index contributed by atoms with van der Waals surface area (Å²) in [6, 6.07) is 4.10. The molecule has 26 heavy (non-hydrogen) atoms. The number of benzene rings is 1. The standard InChI is InChI=1S/C19H31ClN2O3S/c1-13-9-10-15(20)11-16(13)22(26(8,24)25)14(2)17(23)21-19(6,7)12-18(3,4)5/h9-11,14H,12H2,1-8H3,(H,21,23). The summed E-state index contributed by atoms with van der Waals surface area (Å²) in [5, 5.41) is 3.41. The van der Waals surface area contributed by atoms with Crippen LogP contribution in [0.5, 0.6) is 0 Å². The fraction of sp³-hybridized carbons (Fsp3) is 0.632. The van der Waals surface area contributed by atoms with Crippen molar-refractivity contribution in [2.24, 2.45) is 5.41 Å². The maximum absolute atomic E-state index is 12.9. The average Bonchev–Trinajstić information content (AvgIpc) is 2.37. The Labute approximate surface area is 163 Å². The Hall–Kier alpha value is -1.27. The van der Waals surface area contributed by atoms with Crippen LogP contribution in [-0.4, -0.2) is 32.2 Å². The summed E-state index contributed by atoms with van der Waals surface area (Å²) >= 11 is 6.05. The highest BCUT2D eigenvalue weighted by molar-refractivity contribution is 7.92. The van der Waals surface area contributed by atoms with Gasteiger partial charge in [-0.1, -0.05) is 38.4 Å². The fourth-order valence-electron chi connectivity index (χ4n) is 3.41. The molecule has 0 fully saturated rings. The van der Waals surface area contributed by atoms with E-state index in [2.05, 4.69) is 26.1 Å². The maximum Gasteiger partial charge on any atom is 0.244 e. The van der Waals surface area contributed by atoms with E-state index in [1.54, 1.807) is 32.0 Å². The molecule has 148 valence electrons. The van der Waals surface area contributed by atoms with Crippen LogP contribution in [0.2, 0.25) is 5.02 Å². The van der Waals surface area contributed by atoms with Crippen molar-refractivity contribution in [1.29, 1.82) is 0 Å². The third kappa shape index (κ3) is 6.47. The molecule has 1 atom stereocenters. The number of halogens is 1. The lowest BCUT2D eigenvalue weighted by Crippen LogP contribution is -2.54. The monoisotopic (exact) mass is 402 g/mol. The molecule has 0 radical (unpaired) electrons. The van der Waals surface area contributed by atoms with Gasteiger partial charge < -0.3 is 5.32 Å². The summed E-state index contributed by atoms with van der Waals surface area (Å²) < 4.78 is 26.0. The topological polar surface area (TPSA) is 66.5 Å². The molecule has 0 spiro atoms. The van der Waals surface area contributed by atoms with Crippen LogP contribution in [0.15, 0.2) is 18.2 Å². The first-order valence-electron chi connectivity index (χ1n) is 8.61. The number of hydrogen-bond acceptors (Lipinski definition) is 3. The molecular weight excluding hydrogens is 372 g/mol. The van der Waals surface area contributed by atoms with Crippen LogP contribution in [-0.2, 0) is 14.8 Å². The highest BCUT2D eigenvalue weighted by Gasteiger charge is 2.34. The molecule has 0 aromatic heterocycles. The molecule has 1 N–H and O–H groups in total. The van der Waals surface area contributed by atoms with Crippen molar-refractivity contribution in [2.75, 3.05) is 10.6 Å². The van der Waals surface area contributed by atoms with Crippen LogP contribution in [0.4, 0.5) is 5.69 Å². The van der Waals surface area contributed by atoms with E-state index in [1.807, 2.05) is 13.8 Å². The van der Waals surface area contributed by atoms with E-state index in [0.717, 1.165) is 22.5 Å². The molecular formula is C19H31ClN2O3S. The third-order valence-corrected chi connectivity index (χ3v) is 5.39. The Kier molecular flexibility index (Phi) is 6.80. The molecule has 7 heteroatoms. The van der Waals surface area contributed by atoms with E-state index in [-0.39, 0.29) is 11.3 Å². The highest BCUT2D eigenvalue weighted by Crippen LogP contribution is 2.30. The van der Waals surface area contributed by atoms with E-state index in [1.165, 1.54) is 0 Å². The molecule has 1 rings (SSSR count). The molecule has 0 bridgehead atoms. The molecule has 0 aliphatic rings. The minimum atomic E-state index is -3.68. The SMILES string of the molecule is Cc1ccc(Cl)cc1N(C(C)C(=O)NC(C)(C)CC(C)(C)C)S(C)(=O)=O. The number of sulfonamides is 1. The van der Waals surface area contributed by atoms with Crippen LogP contribution in [0.3, 0.4) is 0 Å². The maximum atomic E-state index is 12.9. The molecule has 0 saturated carbocycles. The number of anilines is 1. The minimum Gasteiger partial charge on any atom is -0.349 e. The van der Waals surface area contributed by atoms with Gasteiger partial charge in [0.05, 0.1) is 11.9 Å². The second-order valence-electron chi connectivity index (χ2n) is 8.78. The van der Waals surface area contributed by atoms with Crippen molar-refractivity contribution in [3.63, 3.8) is 0 Å². The van der Waals surface area contributed by atoms with E-state index >= 15 is 0 Å². The van der Waals surface area contributed by atoms with Gasteiger partial charge in [0, 0.05) is 10.6 Å². The predicted molar refractivity (Wildman–Crippen MR) is 109 cm³/mol. The van der Waals surface area contributed by atoms with Gasteiger partial charge >= 0.3 is 0 Å². The Morgan fingerprint density at radius 3 is 2.23 bits per heavy atom. The van der Waals surface area contributed by atoms with Gasteiger partial charge in [-0.05, 0) is 57.2 Å². The Bertz CT molecular complexity index is 767. The van der Waals surface area contributed by atoms with Crippen molar-refractivity contribution < 1.29 is 13.2 Å². The average molecular weight is 403 g/mol. The predicted octanol–water partition coefficient (Wildman–Crippen LogP) is 4.13. The van der Waals surface area contributed by atoms with Crippen molar-refractivity contribution in [1.82, 2.24) is 5.32 Å². The van der Waals surface area contributed by atoms with Crippen LogP contribution in [0.1, 0.15) is 53.5 Å². The lowest BCUT2D eigenvalue weighted by molar-refractivity contribution is -0.123. The summed E-state index contributed by atoms with van der Waals surface area (Å²) in [4.78, 5) is 12.9. The third-order valence-electron chi connectivity index (χ3n) is 3.93. The zero-order chi connectivity index (χ0) is 20.5. The molecule has 0 heterocycles. The van der Waals surface area contributed by atoms with Gasteiger partial charge in [0.1, 0.15) is 6.04 Å². The van der Waals surface area contributed by atoms with Gasteiger partial charge in [0.25, 0.3) is 0 Å². The minimum absolute atomic E-state index is 0.0279. The second kappa shape index (κ2) is 7.77. The smallest absolute Gasteiger partial charge is 0.244 e. The molecule has 1 aromatic rings. The zero-order valence-corrected chi connectivity index (χ0v) is 18.5. The number of hydrogen-bond donors (Lipinski definition) is 1. The lowest BCUT2D eigenvalue weighted by Gasteiger charge is -2.36. The Balaban J connectivity index is 3.21. The quantitative estimate of drug-likeness (QED) is 0.777. The van der Waals surface area contributed by atoms with Gasteiger partial charge in [-0.2, -0.15) is 0 Å². The van der Waals surface area contributed by atoms with Crippen molar-refractivity contribution in [3.05, 3.63) is 28.8 Å². The van der Waals surface area contributed by atoms with Crippen LogP contribution in [0, 0.1) is 12.3 Å². The second-order valence-corrected chi connectivity index (χ2v) is 11.1. The largest absolute Gasteiger partial charge is 0.349 e. The summed E-state index contributed by atoms with van der Waals surface area (Å²) in [5.41, 5.74) is 0.709. The Morgan fingerprint density at radius 2 is 1.77 bits per heavy atom. The highest BCUT2D eigenvalue weighted by atomic mass is 35.5. The number of nitrogens with zero attached hydrogens (tertiary/aromatic N) is 1. The number of carbonyl (C=O) groups is 1. The number of rotatable bonds is 6. The number of aryl methyl sites for hydroxylation is 1. The van der Waals surface area contributed by atoms with Gasteiger partial charge in [-0.15, -0.1) is 0 Å². The number of amides is 1. The van der Waals surface area contributed by atoms with Crippen LogP contribution in [0.25, 0.3) is 0 Å². The van der Waals surface area contributed by atoms with Crippen molar-refractivity contribution in [2.45, 2.75) is 66.5 Å². The fourth-order valence-corrected chi connectivity index (χ4v) is 4.80. The van der Waals surface area contributed by atoms with Crippen molar-refractivity contribution >= 4 is 33.2 Å². The van der Waals surface area contributed by atoms with E-state index in [9.17, 15) is 13.2 Å². The summed E-state index contributed by atoms with van der Waals surface area (Å²) in [7, 11) is -3.68. The molecule has 1 aromatic carbocycles. The number of nitrogens with one attached hydrogen (secondary N) is 1. The van der Waals surface area contributed by atoms with Gasteiger partial charge in [0.2, 0.25) is 15.9 Å².